The van der Waals surface area contributed by atoms with Crippen molar-refractivity contribution in [2.75, 3.05) is 11.5 Å². The van der Waals surface area contributed by atoms with Gasteiger partial charge in [-0.2, -0.15) is 8.42 Å². The van der Waals surface area contributed by atoms with E-state index in [1.807, 2.05) is 0 Å². The summed E-state index contributed by atoms with van der Waals surface area (Å²) < 4.78 is 29.1. The Balaban J connectivity index is 2.33. The number of carbonyl (C=O) groups is 2. The van der Waals surface area contributed by atoms with Crippen LogP contribution in [0.5, 0.6) is 0 Å². The molecule has 1 rings (SSSR count). The first-order valence-corrected chi connectivity index (χ1v) is 6.89. The maximum atomic E-state index is 11.1. The van der Waals surface area contributed by atoms with E-state index >= 15 is 0 Å². The molecule has 0 radical (unpaired) electrons. The number of amides is 1. The summed E-state index contributed by atoms with van der Waals surface area (Å²) in [7, 11) is -4.12. The van der Waals surface area contributed by atoms with Crippen molar-refractivity contribution in [1.82, 2.24) is 5.32 Å². The second kappa shape index (κ2) is 4.95. The van der Waals surface area contributed by atoms with E-state index in [4.69, 9.17) is 4.55 Å². The lowest BCUT2D eigenvalue weighted by molar-refractivity contribution is -0.124. The van der Waals surface area contributed by atoms with Crippen LogP contribution in [-0.4, -0.2) is 41.5 Å². The molecule has 1 saturated heterocycles. The zero-order chi connectivity index (χ0) is 11.5. The molecular formula is C7H11NO5S2. The molecule has 0 aromatic carbocycles. The van der Waals surface area contributed by atoms with Crippen LogP contribution in [0.1, 0.15) is 12.8 Å². The van der Waals surface area contributed by atoms with Crippen LogP contribution in [0.2, 0.25) is 0 Å². The molecule has 0 spiro atoms. The zero-order valence-electron chi connectivity index (χ0n) is 7.80. The van der Waals surface area contributed by atoms with Gasteiger partial charge in [0.25, 0.3) is 10.1 Å². The van der Waals surface area contributed by atoms with Crippen molar-refractivity contribution in [1.29, 1.82) is 0 Å². The third-order valence-corrected chi connectivity index (χ3v) is 3.59. The third-order valence-electron chi connectivity index (χ3n) is 1.86. The van der Waals surface area contributed by atoms with E-state index < -0.39 is 27.8 Å². The van der Waals surface area contributed by atoms with Crippen molar-refractivity contribution >= 4 is 32.9 Å². The average Bonchev–Trinajstić information content (AvgIpc) is 2.47. The van der Waals surface area contributed by atoms with Gasteiger partial charge >= 0.3 is 0 Å². The molecule has 1 aliphatic heterocycles. The van der Waals surface area contributed by atoms with Gasteiger partial charge < -0.3 is 5.32 Å². The fraction of sp³-hybridized carbons (Fsp3) is 0.714. The Hall–Kier alpha value is -0.600. The van der Waals surface area contributed by atoms with Crippen molar-refractivity contribution in [3.8, 4) is 0 Å². The molecule has 6 nitrogen and oxygen atoms in total. The van der Waals surface area contributed by atoms with Gasteiger partial charge in [-0.3, -0.25) is 14.1 Å². The Morgan fingerprint density at radius 1 is 1.60 bits per heavy atom. The van der Waals surface area contributed by atoms with Crippen LogP contribution >= 0.6 is 11.8 Å². The minimum absolute atomic E-state index is 0.102. The summed E-state index contributed by atoms with van der Waals surface area (Å²) in [4.78, 5) is 22.2. The van der Waals surface area contributed by atoms with Crippen LogP contribution in [0.3, 0.4) is 0 Å². The molecule has 2 N–H and O–H groups in total. The number of thioether (sulfide) groups is 1. The van der Waals surface area contributed by atoms with Gasteiger partial charge in [-0.15, -0.1) is 0 Å². The van der Waals surface area contributed by atoms with Crippen LogP contribution in [0, 0.1) is 0 Å². The normalized spacial score (nSPS) is 21.7. The van der Waals surface area contributed by atoms with E-state index in [1.54, 1.807) is 0 Å². The van der Waals surface area contributed by atoms with Crippen molar-refractivity contribution < 1.29 is 22.6 Å². The number of hydrogen-bond acceptors (Lipinski definition) is 5. The standard InChI is InChI=1S/C7H11NO5S2/c9-6(2-4-15(11,12)13)8-5-1-3-14-7(5)10/h5H,1-4H2,(H,8,9)(H,11,12,13)/t5-/m0/s1. The van der Waals surface area contributed by atoms with Crippen LogP contribution in [0.4, 0.5) is 0 Å². The number of nitrogens with one attached hydrogen (secondary N) is 1. The predicted molar refractivity (Wildman–Crippen MR) is 55.0 cm³/mol. The van der Waals surface area contributed by atoms with E-state index in [1.165, 1.54) is 0 Å². The Morgan fingerprint density at radius 2 is 2.27 bits per heavy atom. The molecule has 0 aliphatic carbocycles. The summed E-state index contributed by atoms with van der Waals surface area (Å²) in [6.45, 7) is 0. The molecule has 1 amide bonds. The maximum Gasteiger partial charge on any atom is 0.265 e. The molecule has 1 aliphatic rings. The van der Waals surface area contributed by atoms with E-state index in [2.05, 4.69) is 5.32 Å². The van der Waals surface area contributed by atoms with Gasteiger partial charge in [0, 0.05) is 12.2 Å². The second-order valence-electron chi connectivity index (χ2n) is 3.11. The minimum atomic E-state index is -4.12. The molecule has 0 unspecified atom stereocenters. The SMILES string of the molecule is O=C(CCS(=O)(=O)O)N[C@H]1CCSC1=O. The Morgan fingerprint density at radius 3 is 2.73 bits per heavy atom. The van der Waals surface area contributed by atoms with Gasteiger partial charge in [0.2, 0.25) is 11.0 Å². The van der Waals surface area contributed by atoms with Gasteiger partial charge in [-0.25, -0.2) is 0 Å². The summed E-state index contributed by atoms with van der Waals surface area (Å²) in [5.41, 5.74) is 0. The first kappa shape index (κ1) is 12.5. The van der Waals surface area contributed by atoms with Gasteiger partial charge in [0.15, 0.2) is 0 Å². The first-order valence-electron chi connectivity index (χ1n) is 4.29. The van der Waals surface area contributed by atoms with Gasteiger partial charge in [0.1, 0.15) is 0 Å². The van der Waals surface area contributed by atoms with Gasteiger partial charge in [-0.05, 0) is 6.42 Å². The van der Waals surface area contributed by atoms with Gasteiger partial charge in [0.05, 0.1) is 11.8 Å². The Bertz CT molecular complexity index is 364. The summed E-state index contributed by atoms with van der Waals surface area (Å²) in [5.74, 6) is -0.483. The monoisotopic (exact) mass is 253 g/mol. The molecule has 0 aromatic rings. The highest BCUT2D eigenvalue weighted by atomic mass is 32.2. The van der Waals surface area contributed by atoms with Crippen molar-refractivity contribution in [2.45, 2.75) is 18.9 Å². The van der Waals surface area contributed by atoms with Gasteiger partial charge in [-0.1, -0.05) is 11.8 Å². The lowest BCUT2D eigenvalue weighted by Gasteiger charge is -2.08. The quantitative estimate of drug-likeness (QED) is 0.650. The second-order valence-corrected chi connectivity index (χ2v) is 5.78. The van der Waals surface area contributed by atoms with Crippen molar-refractivity contribution in [2.24, 2.45) is 0 Å². The minimum Gasteiger partial charge on any atom is -0.345 e. The lowest BCUT2D eigenvalue weighted by atomic mass is 10.2. The largest absolute Gasteiger partial charge is 0.345 e. The smallest absolute Gasteiger partial charge is 0.265 e. The van der Waals surface area contributed by atoms with Crippen LogP contribution in [0.15, 0.2) is 0 Å². The molecule has 15 heavy (non-hydrogen) atoms. The Kier molecular flexibility index (Phi) is 4.12. The highest BCUT2D eigenvalue weighted by molar-refractivity contribution is 8.14. The number of rotatable bonds is 4. The van der Waals surface area contributed by atoms with Crippen LogP contribution < -0.4 is 5.32 Å². The average molecular weight is 253 g/mol. The highest BCUT2D eigenvalue weighted by Crippen LogP contribution is 2.19. The summed E-state index contributed by atoms with van der Waals surface area (Å²) >= 11 is 1.15. The topological polar surface area (TPSA) is 101 Å². The van der Waals surface area contributed by atoms with Crippen LogP contribution in [-0.2, 0) is 19.7 Å². The van der Waals surface area contributed by atoms with E-state index in [0.717, 1.165) is 11.8 Å². The maximum absolute atomic E-state index is 11.1. The fourth-order valence-corrected chi connectivity index (χ4v) is 2.49. The molecule has 1 heterocycles. The molecule has 1 fully saturated rings. The summed E-state index contributed by atoms with van der Waals surface area (Å²) in [6, 6.07) is -0.510. The molecule has 0 bridgehead atoms. The molecule has 8 heteroatoms. The summed E-state index contributed by atoms with van der Waals surface area (Å²) in [5, 5.41) is 2.31. The Labute approximate surface area is 91.5 Å². The number of hydrogen-bond donors (Lipinski definition) is 2. The molecule has 86 valence electrons. The third kappa shape index (κ3) is 4.63. The van der Waals surface area contributed by atoms with E-state index in [9.17, 15) is 18.0 Å². The predicted octanol–water partition coefficient (Wildman–Crippen LogP) is -0.587. The molecular weight excluding hydrogens is 242 g/mol. The molecule has 1 atom stereocenters. The highest BCUT2D eigenvalue weighted by Gasteiger charge is 2.26. The van der Waals surface area contributed by atoms with Crippen molar-refractivity contribution in [3.05, 3.63) is 0 Å². The summed E-state index contributed by atoms with van der Waals surface area (Å²) in [6.07, 6.45) is 0.244. The number of carbonyl (C=O) groups excluding carboxylic acids is 2. The first-order chi connectivity index (χ1) is 6.88. The fourth-order valence-electron chi connectivity index (χ4n) is 1.12. The van der Waals surface area contributed by atoms with E-state index in [-0.39, 0.29) is 11.5 Å². The molecule has 0 aromatic heterocycles. The van der Waals surface area contributed by atoms with E-state index in [0.29, 0.717) is 12.2 Å². The lowest BCUT2D eigenvalue weighted by Crippen LogP contribution is -2.37. The zero-order valence-corrected chi connectivity index (χ0v) is 9.44. The van der Waals surface area contributed by atoms with Crippen molar-refractivity contribution in [3.63, 3.8) is 0 Å². The van der Waals surface area contributed by atoms with Crippen LogP contribution in [0.25, 0.3) is 0 Å². The molecule has 0 saturated carbocycles.